The second-order valence-corrected chi connectivity index (χ2v) is 7.52. The van der Waals surface area contributed by atoms with Gasteiger partial charge in [0.05, 0.1) is 18.3 Å². The second-order valence-electron chi connectivity index (χ2n) is 6.75. The fourth-order valence-electron chi connectivity index (χ4n) is 4.07. The number of aromatic nitrogens is 6. The highest BCUT2D eigenvalue weighted by molar-refractivity contribution is 7.98. The molecule has 0 spiro atoms. The highest BCUT2D eigenvalue weighted by Gasteiger charge is 2.45. The quantitative estimate of drug-likeness (QED) is 0.492. The molecule has 2 fully saturated rings. The number of fused-ring (bicyclic) bond motifs is 3. The predicted molar refractivity (Wildman–Crippen MR) is 101 cm³/mol. The monoisotopic (exact) mass is 379 g/mol. The zero-order chi connectivity index (χ0) is 18.5. The standard InChI is InChI=1S/C17H17N9S/c1-10-22-23-16-15(19-3-4-24(10)16)26-9-12-5-13(26)8-25(12)14-11(6-18)7-20-17(21-14)27-2/h3-4,7,12-13H,5,8-9H2,1-2H3. The van der Waals surface area contributed by atoms with Crippen molar-refractivity contribution in [3.63, 3.8) is 0 Å². The average Bonchev–Trinajstić information content (AvgIpc) is 3.41. The van der Waals surface area contributed by atoms with E-state index in [2.05, 4.69) is 41.0 Å². The molecule has 3 aromatic heterocycles. The zero-order valence-corrected chi connectivity index (χ0v) is 15.8. The summed E-state index contributed by atoms with van der Waals surface area (Å²) in [6, 6.07) is 2.83. The second kappa shape index (κ2) is 6.06. The lowest BCUT2D eigenvalue weighted by Gasteiger charge is -2.35. The lowest BCUT2D eigenvalue weighted by molar-refractivity contribution is 0.631. The largest absolute Gasteiger partial charge is 0.348 e. The number of anilines is 2. The molecule has 0 radical (unpaired) electrons. The van der Waals surface area contributed by atoms with Gasteiger partial charge in [-0.15, -0.1) is 10.2 Å². The van der Waals surface area contributed by atoms with Gasteiger partial charge in [0.15, 0.2) is 16.8 Å². The lowest BCUT2D eigenvalue weighted by atomic mass is 10.2. The van der Waals surface area contributed by atoms with Crippen LogP contribution >= 0.6 is 11.8 Å². The first kappa shape index (κ1) is 16.3. The Hall–Kier alpha value is -2.93. The van der Waals surface area contributed by atoms with E-state index in [1.165, 1.54) is 11.8 Å². The van der Waals surface area contributed by atoms with E-state index in [0.717, 1.165) is 42.6 Å². The molecule has 0 saturated carbocycles. The van der Waals surface area contributed by atoms with E-state index in [1.54, 1.807) is 12.4 Å². The molecule has 2 saturated heterocycles. The Morgan fingerprint density at radius 3 is 2.63 bits per heavy atom. The summed E-state index contributed by atoms with van der Waals surface area (Å²) in [5, 5.41) is 18.6. The van der Waals surface area contributed by atoms with Gasteiger partial charge in [-0.25, -0.2) is 15.0 Å². The molecule has 27 heavy (non-hydrogen) atoms. The van der Waals surface area contributed by atoms with Crippen LogP contribution in [0.1, 0.15) is 17.8 Å². The van der Waals surface area contributed by atoms with Crippen LogP contribution in [0.15, 0.2) is 23.7 Å². The molecule has 2 aliphatic heterocycles. The molecule has 0 aliphatic carbocycles. The fraction of sp³-hybridized carbons (Fsp3) is 0.412. The molecule has 2 unspecified atom stereocenters. The van der Waals surface area contributed by atoms with Gasteiger partial charge in [0.25, 0.3) is 0 Å². The van der Waals surface area contributed by atoms with Gasteiger partial charge in [0, 0.05) is 25.5 Å². The van der Waals surface area contributed by atoms with Crippen LogP contribution in [-0.4, -0.2) is 61.0 Å². The van der Waals surface area contributed by atoms with E-state index in [1.807, 2.05) is 23.8 Å². The summed E-state index contributed by atoms with van der Waals surface area (Å²) in [6.45, 7) is 3.57. The van der Waals surface area contributed by atoms with Gasteiger partial charge in [-0.2, -0.15) is 5.26 Å². The molecule has 136 valence electrons. The van der Waals surface area contributed by atoms with Gasteiger partial charge in [0.2, 0.25) is 5.65 Å². The van der Waals surface area contributed by atoms with Crippen molar-refractivity contribution in [3.8, 4) is 6.07 Å². The summed E-state index contributed by atoms with van der Waals surface area (Å²) in [4.78, 5) is 18.0. The Kier molecular flexibility index (Phi) is 3.65. The Bertz CT molecular complexity index is 1070. The summed E-state index contributed by atoms with van der Waals surface area (Å²) in [6.07, 6.45) is 8.26. The van der Waals surface area contributed by atoms with Crippen molar-refractivity contribution < 1.29 is 0 Å². The molecule has 0 N–H and O–H groups in total. The van der Waals surface area contributed by atoms with Gasteiger partial charge in [-0.3, -0.25) is 4.40 Å². The molecule has 2 atom stereocenters. The molecule has 5 heterocycles. The summed E-state index contributed by atoms with van der Waals surface area (Å²) < 4.78 is 1.97. The summed E-state index contributed by atoms with van der Waals surface area (Å²) in [7, 11) is 0. The minimum atomic E-state index is 0.290. The third-order valence-electron chi connectivity index (χ3n) is 5.31. The third-order valence-corrected chi connectivity index (χ3v) is 5.87. The van der Waals surface area contributed by atoms with Gasteiger partial charge < -0.3 is 9.80 Å². The van der Waals surface area contributed by atoms with Gasteiger partial charge in [-0.1, -0.05) is 11.8 Å². The highest BCUT2D eigenvalue weighted by Crippen LogP contribution is 2.38. The number of hydrogen-bond donors (Lipinski definition) is 0. The number of rotatable bonds is 3. The maximum absolute atomic E-state index is 9.46. The van der Waals surface area contributed by atoms with E-state index in [0.29, 0.717) is 16.8 Å². The van der Waals surface area contributed by atoms with Crippen molar-refractivity contribution in [1.82, 2.24) is 29.5 Å². The first-order valence-electron chi connectivity index (χ1n) is 8.70. The van der Waals surface area contributed by atoms with E-state index < -0.39 is 0 Å². The lowest BCUT2D eigenvalue weighted by Crippen LogP contribution is -2.47. The molecular formula is C17H17N9S. The normalized spacial score (nSPS) is 21.2. The zero-order valence-electron chi connectivity index (χ0n) is 14.9. The molecule has 5 rings (SSSR count). The first-order valence-corrected chi connectivity index (χ1v) is 9.93. The van der Waals surface area contributed by atoms with E-state index in [9.17, 15) is 5.26 Å². The van der Waals surface area contributed by atoms with E-state index in [4.69, 9.17) is 0 Å². The number of aryl methyl sites for hydroxylation is 1. The van der Waals surface area contributed by atoms with Crippen molar-refractivity contribution in [2.45, 2.75) is 30.6 Å². The van der Waals surface area contributed by atoms with E-state index >= 15 is 0 Å². The Morgan fingerprint density at radius 2 is 1.93 bits per heavy atom. The molecule has 9 nitrogen and oxygen atoms in total. The minimum absolute atomic E-state index is 0.290. The van der Waals surface area contributed by atoms with Crippen LogP contribution in [0.25, 0.3) is 5.65 Å². The summed E-state index contributed by atoms with van der Waals surface area (Å²) in [5.41, 5.74) is 1.32. The average molecular weight is 379 g/mol. The molecule has 2 aliphatic rings. The van der Waals surface area contributed by atoms with Crippen molar-refractivity contribution in [3.05, 3.63) is 30.0 Å². The Morgan fingerprint density at radius 1 is 1.15 bits per heavy atom. The molecule has 2 bridgehead atoms. The summed E-state index contributed by atoms with van der Waals surface area (Å²) >= 11 is 1.49. The van der Waals surface area contributed by atoms with Crippen LogP contribution in [0.5, 0.6) is 0 Å². The topological polar surface area (TPSA) is 99.1 Å². The van der Waals surface area contributed by atoms with Gasteiger partial charge >= 0.3 is 0 Å². The maximum Gasteiger partial charge on any atom is 0.203 e. The number of thioether (sulfide) groups is 1. The molecule has 3 aromatic rings. The Balaban J connectivity index is 1.47. The highest BCUT2D eigenvalue weighted by atomic mass is 32.2. The van der Waals surface area contributed by atoms with Crippen LogP contribution in [0.4, 0.5) is 11.6 Å². The van der Waals surface area contributed by atoms with Crippen LogP contribution < -0.4 is 9.80 Å². The first-order chi connectivity index (χ1) is 13.2. The smallest absolute Gasteiger partial charge is 0.203 e. The number of piperazine rings is 1. The number of hydrogen-bond acceptors (Lipinski definition) is 9. The van der Waals surface area contributed by atoms with Crippen LogP contribution in [-0.2, 0) is 0 Å². The number of nitrogens with zero attached hydrogens (tertiary/aromatic N) is 9. The van der Waals surface area contributed by atoms with Crippen molar-refractivity contribution >= 4 is 29.0 Å². The fourth-order valence-corrected chi connectivity index (χ4v) is 4.41. The van der Waals surface area contributed by atoms with Crippen molar-refractivity contribution in [1.29, 1.82) is 5.26 Å². The van der Waals surface area contributed by atoms with Crippen molar-refractivity contribution in [2.24, 2.45) is 0 Å². The predicted octanol–water partition coefficient (Wildman–Crippen LogP) is 1.28. The molecule has 0 aromatic carbocycles. The number of nitriles is 1. The Labute approximate surface area is 160 Å². The minimum Gasteiger partial charge on any atom is -0.348 e. The molecule has 0 amide bonds. The van der Waals surface area contributed by atoms with Crippen LogP contribution in [0, 0.1) is 18.3 Å². The molecule has 10 heteroatoms. The van der Waals surface area contributed by atoms with Crippen LogP contribution in [0.2, 0.25) is 0 Å². The van der Waals surface area contributed by atoms with Crippen LogP contribution in [0.3, 0.4) is 0 Å². The SMILES string of the molecule is CSc1ncc(C#N)c(N2CC3CC2CN3c2nccn3c(C)nnc23)n1. The summed E-state index contributed by atoms with van der Waals surface area (Å²) in [5.74, 6) is 2.47. The van der Waals surface area contributed by atoms with Gasteiger partial charge in [-0.05, 0) is 19.6 Å². The van der Waals surface area contributed by atoms with E-state index in [-0.39, 0.29) is 6.04 Å². The van der Waals surface area contributed by atoms with Gasteiger partial charge in [0.1, 0.15) is 17.5 Å². The maximum atomic E-state index is 9.46. The van der Waals surface area contributed by atoms with Crippen molar-refractivity contribution in [2.75, 3.05) is 29.1 Å². The molecular weight excluding hydrogens is 362 g/mol. The third kappa shape index (κ3) is 2.42.